The lowest BCUT2D eigenvalue weighted by Gasteiger charge is -2.39. The van der Waals surface area contributed by atoms with Crippen molar-refractivity contribution in [3.8, 4) is 12.3 Å². The van der Waals surface area contributed by atoms with Gasteiger partial charge in [0.1, 0.15) is 17.7 Å². The first kappa shape index (κ1) is 29.2. The minimum atomic E-state index is -0.868. The highest BCUT2D eigenvalue weighted by Crippen LogP contribution is 2.28. The maximum atomic E-state index is 14.0. The van der Waals surface area contributed by atoms with Crippen molar-refractivity contribution in [2.24, 2.45) is 5.92 Å². The monoisotopic (exact) mass is 497 g/mol. The summed E-state index contributed by atoms with van der Waals surface area (Å²) in [5, 5.41) is 5.93. The van der Waals surface area contributed by atoms with Crippen molar-refractivity contribution in [2.75, 3.05) is 0 Å². The van der Waals surface area contributed by atoms with Gasteiger partial charge in [-0.1, -0.05) is 51.2 Å². The van der Waals surface area contributed by atoms with Crippen molar-refractivity contribution < 1.29 is 19.1 Å². The van der Waals surface area contributed by atoms with Crippen LogP contribution >= 0.6 is 0 Å². The molecule has 1 fully saturated rings. The van der Waals surface area contributed by atoms with E-state index in [2.05, 4.69) is 16.6 Å². The number of rotatable bonds is 8. The highest BCUT2D eigenvalue weighted by molar-refractivity contribution is 5.92. The second-order valence-electron chi connectivity index (χ2n) is 11.2. The second kappa shape index (κ2) is 12.8. The van der Waals surface area contributed by atoms with Gasteiger partial charge in [0, 0.05) is 17.6 Å². The molecule has 7 heteroatoms. The average molecular weight is 498 g/mol. The van der Waals surface area contributed by atoms with E-state index >= 15 is 0 Å². The predicted molar refractivity (Wildman–Crippen MR) is 142 cm³/mol. The Hall–Kier alpha value is -3.01. The van der Waals surface area contributed by atoms with Crippen LogP contribution in [0.25, 0.3) is 0 Å². The van der Waals surface area contributed by atoms with Crippen LogP contribution < -0.4 is 10.6 Å². The fraction of sp³-hybridized carbons (Fsp3) is 0.621. The molecule has 0 aromatic heterocycles. The Morgan fingerprint density at radius 2 is 1.61 bits per heavy atom. The Morgan fingerprint density at radius 3 is 2.08 bits per heavy atom. The van der Waals surface area contributed by atoms with Gasteiger partial charge in [0.2, 0.25) is 11.8 Å². The molecule has 198 valence electrons. The highest BCUT2D eigenvalue weighted by Gasteiger charge is 2.39. The van der Waals surface area contributed by atoms with Crippen molar-refractivity contribution in [3.63, 3.8) is 0 Å². The Kier molecular flexibility index (Phi) is 10.4. The van der Waals surface area contributed by atoms with Crippen LogP contribution in [0, 0.1) is 18.3 Å². The third-order valence-corrected chi connectivity index (χ3v) is 6.29. The number of benzene rings is 1. The van der Waals surface area contributed by atoms with E-state index < -0.39 is 23.8 Å². The maximum absolute atomic E-state index is 14.0. The summed E-state index contributed by atoms with van der Waals surface area (Å²) in [5.74, 6) is 1.81. The van der Waals surface area contributed by atoms with Crippen LogP contribution in [0.1, 0.15) is 97.7 Å². The number of ether oxygens (including phenoxy) is 1. The summed E-state index contributed by atoms with van der Waals surface area (Å²) in [6.07, 6.45) is 10.1. The molecule has 1 aliphatic carbocycles. The van der Waals surface area contributed by atoms with E-state index in [0.29, 0.717) is 11.1 Å². The standard InChI is InChI=1S/C29H43N3O4/c1-9-21-15-17-22(18-16-21)25(26(33)30-23-13-11-10-12-14-23)32(20(4)5)27(34)24(19(2)3)31-28(35)36-29(6,7)8/h1,15-20,23-25H,10-14H2,2-8H3,(H,30,33)(H,31,35). The first-order valence-corrected chi connectivity index (χ1v) is 13.0. The van der Waals surface area contributed by atoms with Gasteiger partial charge in [0.15, 0.2) is 0 Å². The Labute approximate surface area is 216 Å². The molecule has 2 atom stereocenters. The Bertz CT molecular complexity index is 935. The molecule has 2 unspecified atom stereocenters. The topological polar surface area (TPSA) is 87.7 Å². The zero-order valence-electron chi connectivity index (χ0n) is 22.9. The minimum absolute atomic E-state index is 0.0867. The van der Waals surface area contributed by atoms with Crippen LogP contribution in [-0.2, 0) is 14.3 Å². The summed E-state index contributed by atoms with van der Waals surface area (Å²) in [4.78, 5) is 41.9. The smallest absolute Gasteiger partial charge is 0.408 e. The van der Waals surface area contributed by atoms with Crippen molar-refractivity contribution in [1.82, 2.24) is 15.5 Å². The zero-order chi connectivity index (χ0) is 27.0. The lowest BCUT2D eigenvalue weighted by atomic mass is 9.93. The molecule has 0 bridgehead atoms. The van der Waals surface area contributed by atoms with Crippen molar-refractivity contribution in [3.05, 3.63) is 35.4 Å². The molecule has 0 radical (unpaired) electrons. The Balaban J connectivity index is 2.44. The molecule has 1 aromatic carbocycles. The lowest BCUT2D eigenvalue weighted by Crippen LogP contribution is -2.57. The van der Waals surface area contributed by atoms with Gasteiger partial charge in [-0.05, 0) is 71.1 Å². The summed E-state index contributed by atoms with van der Waals surface area (Å²) in [5.41, 5.74) is 0.663. The number of carbonyl (C=O) groups is 3. The van der Waals surface area contributed by atoms with E-state index in [1.54, 1.807) is 49.9 Å². The largest absolute Gasteiger partial charge is 0.444 e. The fourth-order valence-electron chi connectivity index (χ4n) is 4.52. The van der Waals surface area contributed by atoms with E-state index in [0.717, 1.165) is 25.7 Å². The van der Waals surface area contributed by atoms with Gasteiger partial charge in [-0.3, -0.25) is 9.59 Å². The van der Waals surface area contributed by atoms with Gasteiger partial charge in [0.25, 0.3) is 0 Å². The van der Waals surface area contributed by atoms with Crippen LogP contribution in [0.2, 0.25) is 0 Å². The number of carbonyl (C=O) groups excluding carboxylic acids is 3. The van der Waals surface area contributed by atoms with Crippen LogP contribution in [0.15, 0.2) is 24.3 Å². The van der Waals surface area contributed by atoms with E-state index in [-0.39, 0.29) is 29.8 Å². The van der Waals surface area contributed by atoms with Crippen LogP contribution in [0.5, 0.6) is 0 Å². The summed E-state index contributed by atoms with van der Waals surface area (Å²) < 4.78 is 5.41. The molecule has 36 heavy (non-hydrogen) atoms. The van der Waals surface area contributed by atoms with Crippen LogP contribution in [0.3, 0.4) is 0 Å². The molecule has 0 spiro atoms. The second-order valence-corrected chi connectivity index (χ2v) is 11.2. The Morgan fingerprint density at radius 1 is 1.03 bits per heavy atom. The summed E-state index contributed by atoms with van der Waals surface area (Å²) in [7, 11) is 0. The SMILES string of the molecule is C#Cc1ccc(C(C(=O)NC2CCCCC2)N(C(=O)C(NC(=O)OC(C)(C)C)C(C)C)C(C)C)cc1. The summed E-state index contributed by atoms with van der Waals surface area (Å²) >= 11 is 0. The molecule has 1 aromatic rings. The third-order valence-electron chi connectivity index (χ3n) is 6.29. The van der Waals surface area contributed by atoms with Crippen LogP contribution in [0.4, 0.5) is 4.79 Å². The molecule has 3 amide bonds. The van der Waals surface area contributed by atoms with Gasteiger partial charge in [-0.15, -0.1) is 6.42 Å². The predicted octanol–water partition coefficient (Wildman–Crippen LogP) is 4.94. The van der Waals surface area contributed by atoms with Gasteiger partial charge in [-0.2, -0.15) is 0 Å². The lowest BCUT2D eigenvalue weighted by molar-refractivity contribution is -0.145. The highest BCUT2D eigenvalue weighted by atomic mass is 16.6. The number of nitrogens with zero attached hydrogens (tertiary/aromatic N) is 1. The summed E-state index contributed by atoms with van der Waals surface area (Å²) in [6.45, 7) is 12.8. The number of hydrogen-bond donors (Lipinski definition) is 2. The van der Waals surface area contributed by atoms with Gasteiger partial charge in [-0.25, -0.2) is 4.79 Å². The fourth-order valence-corrected chi connectivity index (χ4v) is 4.52. The van der Waals surface area contributed by atoms with E-state index in [1.807, 2.05) is 27.7 Å². The molecular weight excluding hydrogens is 454 g/mol. The van der Waals surface area contributed by atoms with Crippen molar-refractivity contribution in [2.45, 2.75) is 110 Å². The van der Waals surface area contributed by atoms with Crippen molar-refractivity contribution >= 4 is 17.9 Å². The number of amides is 3. The first-order valence-electron chi connectivity index (χ1n) is 13.0. The number of terminal acetylenes is 1. The molecule has 0 saturated heterocycles. The van der Waals surface area contributed by atoms with Gasteiger partial charge >= 0.3 is 6.09 Å². The number of alkyl carbamates (subject to hydrolysis) is 1. The maximum Gasteiger partial charge on any atom is 0.408 e. The summed E-state index contributed by atoms with van der Waals surface area (Å²) in [6, 6.07) is 5.20. The van der Waals surface area contributed by atoms with Crippen LogP contribution in [-0.4, -0.2) is 46.5 Å². The van der Waals surface area contributed by atoms with E-state index in [4.69, 9.17) is 11.2 Å². The average Bonchev–Trinajstić information content (AvgIpc) is 2.79. The molecule has 1 aliphatic rings. The molecule has 2 rings (SSSR count). The molecule has 7 nitrogen and oxygen atoms in total. The molecular formula is C29H43N3O4. The zero-order valence-corrected chi connectivity index (χ0v) is 22.9. The van der Waals surface area contributed by atoms with E-state index in [9.17, 15) is 14.4 Å². The molecule has 0 heterocycles. The van der Waals surface area contributed by atoms with Gasteiger partial charge in [0.05, 0.1) is 0 Å². The van der Waals surface area contributed by atoms with Crippen molar-refractivity contribution in [1.29, 1.82) is 0 Å². The third kappa shape index (κ3) is 8.29. The number of hydrogen-bond acceptors (Lipinski definition) is 4. The molecule has 2 N–H and O–H groups in total. The quantitative estimate of drug-likeness (QED) is 0.498. The normalized spacial score (nSPS) is 16.1. The number of nitrogens with one attached hydrogen (secondary N) is 2. The van der Waals surface area contributed by atoms with Gasteiger partial charge < -0.3 is 20.3 Å². The molecule has 1 saturated carbocycles. The van der Waals surface area contributed by atoms with E-state index in [1.165, 1.54) is 6.42 Å². The first-order chi connectivity index (χ1) is 16.8. The molecule has 0 aliphatic heterocycles. The minimum Gasteiger partial charge on any atom is -0.444 e.